The predicted octanol–water partition coefficient (Wildman–Crippen LogP) is 3.78. The van der Waals surface area contributed by atoms with Crippen molar-refractivity contribution >= 4 is 27.3 Å². The van der Waals surface area contributed by atoms with Crippen molar-refractivity contribution in [2.45, 2.75) is 31.6 Å². The molecule has 0 fully saturated rings. The summed E-state index contributed by atoms with van der Waals surface area (Å²) in [5, 5.41) is 2.55. The van der Waals surface area contributed by atoms with Gasteiger partial charge in [0.1, 0.15) is 16.5 Å². The fourth-order valence-corrected chi connectivity index (χ4v) is 4.27. The Morgan fingerprint density at radius 1 is 1.17 bits per heavy atom. The van der Waals surface area contributed by atoms with Crippen LogP contribution in [0.5, 0.6) is 0 Å². The van der Waals surface area contributed by atoms with Gasteiger partial charge < -0.3 is 9.73 Å². The van der Waals surface area contributed by atoms with E-state index in [1.165, 1.54) is 6.07 Å². The number of amides is 1. The topological polar surface area (TPSA) is 101 Å². The molecule has 4 rings (SSSR count). The summed E-state index contributed by atoms with van der Waals surface area (Å²) < 4.78 is 48.1. The number of rotatable bonds is 4. The van der Waals surface area contributed by atoms with Gasteiger partial charge in [-0.1, -0.05) is 6.07 Å². The number of hydrogen-bond donors (Lipinski definition) is 2. The molecule has 0 bridgehead atoms. The summed E-state index contributed by atoms with van der Waals surface area (Å²) in [7, 11) is -4.18. The van der Waals surface area contributed by atoms with Crippen molar-refractivity contribution in [1.29, 1.82) is 0 Å². The second-order valence-electron chi connectivity index (χ2n) is 6.83. The summed E-state index contributed by atoms with van der Waals surface area (Å²) in [6.45, 7) is 3.61. The molecule has 0 aliphatic carbocycles. The molecular formula is C20H18FN3O4S. The van der Waals surface area contributed by atoms with E-state index in [9.17, 15) is 17.6 Å². The molecule has 3 aromatic rings. The van der Waals surface area contributed by atoms with Crippen LogP contribution in [-0.2, 0) is 21.2 Å². The Bertz CT molecular complexity index is 1220. The van der Waals surface area contributed by atoms with Crippen molar-refractivity contribution in [2.75, 3.05) is 10.0 Å². The van der Waals surface area contributed by atoms with E-state index in [1.807, 2.05) is 6.92 Å². The summed E-state index contributed by atoms with van der Waals surface area (Å²) in [6.07, 6.45) is 0.574. The lowest BCUT2D eigenvalue weighted by Gasteiger charge is -2.18. The van der Waals surface area contributed by atoms with E-state index in [0.717, 1.165) is 11.8 Å². The number of carbonyl (C=O) groups excluding carboxylic acids is 1. The third-order valence-electron chi connectivity index (χ3n) is 4.73. The molecule has 0 spiro atoms. The molecule has 150 valence electrons. The highest BCUT2D eigenvalue weighted by atomic mass is 32.2. The van der Waals surface area contributed by atoms with Crippen molar-refractivity contribution in [1.82, 2.24) is 4.98 Å². The van der Waals surface area contributed by atoms with Crippen molar-refractivity contribution in [3.05, 3.63) is 59.2 Å². The molecule has 1 aliphatic rings. The fourth-order valence-electron chi connectivity index (χ4n) is 3.11. The van der Waals surface area contributed by atoms with Crippen LogP contribution < -0.4 is 10.0 Å². The molecule has 0 unspecified atom stereocenters. The Labute approximate surface area is 167 Å². The average Bonchev–Trinajstić information content (AvgIpc) is 2.99. The Morgan fingerprint density at radius 2 is 1.97 bits per heavy atom. The highest BCUT2D eigenvalue weighted by molar-refractivity contribution is 7.92. The third-order valence-corrected chi connectivity index (χ3v) is 6.13. The molecule has 0 radical (unpaired) electrons. The van der Waals surface area contributed by atoms with Gasteiger partial charge in [0.2, 0.25) is 11.8 Å². The SMILES string of the molecule is Cc1nc(-c2cccc(NS(=O)(=O)c3cc4c(cc3F)NC(=O)CC4)c2)oc1C. The van der Waals surface area contributed by atoms with Crippen molar-refractivity contribution in [3.8, 4) is 11.5 Å². The first-order valence-electron chi connectivity index (χ1n) is 8.92. The lowest BCUT2D eigenvalue weighted by atomic mass is 10.0. The molecule has 0 saturated carbocycles. The highest BCUT2D eigenvalue weighted by Gasteiger charge is 2.24. The number of benzene rings is 2. The normalized spacial score (nSPS) is 13.7. The smallest absolute Gasteiger partial charge is 0.264 e. The van der Waals surface area contributed by atoms with Crippen LogP contribution in [-0.4, -0.2) is 19.3 Å². The van der Waals surface area contributed by atoms with Gasteiger partial charge in [-0.25, -0.2) is 17.8 Å². The first-order chi connectivity index (χ1) is 13.7. The van der Waals surface area contributed by atoms with Crippen LogP contribution in [0.25, 0.3) is 11.5 Å². The first-order valence-corrected chi connectivity index (χ1v) is 10.4. The minimum absolute atomic E-state index is 0.223. The van der Waals surface area contributed by atoms with E-state index in [0.29, 0.717) is 34.9 Å². The molecule has 7 nitrogen and oxygen atoms in total. The number of aromatic nitrogens is 1. The standard InChI is InChI=1S/C20H18FN3O4S/c1-11-12(2)28-20(22-11)14-4-3-5-15(8-14)24-29(26,27)18-9-13-6-7-19(25)23-17(13)10-16(18)21/h3-5,8-10,24H,6-7H2,1-2H3,(H,23,25). The van der Waals surface area contributed by atoms with E-state index in [4.69, 9.17) is 4.42 Å². The second kappa shape index (κ2) is 7.00. The maximum Gasteiger partial charge on any atom is 0.264 e. The van der Waals surface area contributed by atoms with Crippen molar-refractivity contribution < 1.29 is 22.0 Å². The number of aryl methyl sites for hydroxylation is 3. The van der Waals surface area contributed by atoms with Gasteiger partial charge in [-0.2, -0.15) is 0 Å². The van der Waals surface area contributed by atoms with Gasteiger partial charge in [0.25, 0.3) is 10.0 Å². The molecule has 9 heteroatoms. The molecule has 0 saturated heterocycles. The summed E-state index contributed by atoms with van der Waals surface area (Å²) in [5.74, 6) is -0.112. The summed E-state index contributed by atoms with van der Waals surface area (Å²) >= 11 is 0. The molecule has 29 heavy (non-hydrogen) atoms. The number of hydrogen-bond acceptors (Lipinski definition) is 5. The lowest BCUT2D eigenvalue weighted by Crippen LogP contribution is -2.21. The number of nitrogens with one attached hydrogen (secondary N) is 2. The molecule has 1 aliphatic heterocycles. The number of oxazole rings is 1. The molecule has 0 atom stereocenters. The summed E-state index contributed by atoms with van der Waals surface area (Å²) in [4.78, 5) is 15.3. The van der Waals surface area contributed by atoms with Gasteiger partial charge in [0.05, 0.1) is 5.69 Å². The number of fused-ring (bicyclic) bond motifs is 1. The fraction of sp³-hybridized carbons (Fsp3) is 0.200. The van der Waals surface area contributed by atoms with E-state index in [1.54, 1.807) is 31.2 Å². The molecule has 2 N–H and O–H groups in total. The van der Waals surface area contributed by atoms with Gasteiger partial charge in [-0.05, 0) is 56.2 Å². The number of anilines is 2. The number of sulfonamides is 1. The van der Waals surface area contributed by atoms with Crippen LogP contribution in [0.2, 0.25) is 0 Å². The average molecular weight is 415 g/mol. The summed E-state index contributed by atoms with van der Waals surface area (Å²) in [5.41, 5.74) is 2.46. The second-order valence-corrected chi connectivity index (χ2v) is 8.49. The Morgan fingerprint density at radius 3 is 2.69 bits per heavy atom. The van der Waals surface area contributed by atoms with Crippen molar-refractivity contribution in [3.63, 3.8) is 0 Å². The lowest BCUT2D eigenvalue weighted by molar-refractivity contribution is -0.116. The van der Waals surface area contributed by atoms with E-state index in [-0.39, 0.29) is 18.0 Å². The summed E-state index contributed by atoms with van der Waals surface area (Å²) in [6, 6.07) is 8.82. The number of halogens is 1. The van der Waals surface area contributed by atoms with Crippen LogP contribution in [0, 0.1) is 19.7 Å². The molecule has 1 amide bonds. The Balaban J connectivity index is 1.66. The van der Waals surface area contributed by atoms with E-state index in [2.05, 4.69) is 15.0 Å². The number of nitrogens with zero attached hydrogens (tertiary/aromatic N) is 1. The maximum atomic E-state index is 14.5. The van der Waals surface area contributed by atoms with Gasteiger partial charge in [0.15, 0.2) is 0 Å². The largest absolute Gasteiger partial charge is 0.441 e. The molecule has 2 aromatic carbocycles. The first kappa shape index (κ1) is 19.1. The zero-order valence-electron chi connectivity index (χ0n) is 15.7. The Kier molecular flexibility index (Phi) is 4.62. The predicted molar refractivity (Wildman–Crippen MR) is 106 cm³/mol. The van der Waals surface area contributed by atoms with Crippen LogP contribution in [0.4, 0.5) is 15.8 Å². The third kappa shape index (κ3) is 3.73. The van der Waals surface area contributed by atoms with Gasteiger partial charge in [-0.15, -0.1) is 0 Å². The zero-order valence-corrected chi connectivity index (χ0v) is 16.6. The minimum Gasteiger partial charge on any atom is -0.441 e. The molecule has 1 aromatic heterocycles. The monoisotopic (exact) mass is 415 g/mol. The van der Waals surface area contributed by atoms with Gasteiger partial charge in [0, 0.05) is 23.4 Å². The molecule has 2 heterocycles. The highest BCUT2D eigenvalue weighted by Crippen LogP contribution is 2.30. The van der Waals surface area contributed by atoms with Crippen molar-refractivity contribution in [2.24, 2.45) is 0 Å². The maximum absolute atomic E-state index is 14.5. The van der Waals surface area contributed by atoms with Crippen LogP contribution in [0.3, 0.4) is 0 Å². The minimum atomic E-state index is -4.18. The van der Waals surface area contributed by atoms with Crippen LogP contribution in [0.1, 0.15) is 23.4 Å². The zero-order chi connectivity index (χ0) is 20.8. The molecular weight excluding hydrogens is 397 g/mol. The Hall–Kier alpha value is -3.20. The van der Waals surface area contributed by atoms with Crippen LogP contribution >= 0.6 is 0 Å². The van der Waals surface area contributed by atoms with E-state index >= 15 is 0 Å². The number of carbonyl (C=O) groups is 1. The van der Waals surface area contributed by atoms with Gasteiger partial charge in [-0.3, -0.25) is 9.52 Å². The van der Waals surface area contributed by atoms with E-state index < -0.39 is 20.7 Å². The quantitative estimate of drug-likeness (QED) is 0.675. The van der Waals surface area contributed by atoms with Crippen LogP contribution in [0.15, 0.2) is 45.7 Å². The van der Waals surface area contributed by atoms with Gasteiger partial charge >= 0.3 is 0 Å².